The minimum atomic E-state index is 0.631. The van der Waals surface area contributed by atoms with E-state index in [4.69, 9.17) is 0 Å². The van der Waals surface area contributed by atoms with Crippen molar-refractivity contribution in [2.45, 2.75) is 44.6 Å². The Labute approximate surface area is 117 Å². The largest absolute Gasteiger partial charge is 0.316 e. The van der Waals surface area contributed by atoms with Gasteiger partial charge in [-0.15, -0.1) is 0 Å². The van der Waals surface area contributed by atoms with Crippen LogP contribution in [0.15, 0.2) is 0 Å². The molecule has 2 bridgehead atoms. The Morgan fingerprint density at radius 2 is 1.89 bits per heavy atom. The van der Waals surface area contributed by atoms with Gasteiger partial charge in [-0.25, -0.2) is 0 Å². The SMILES string of the molecule is C1CNCC2(C1)CCCN(C1CCN3CCC1C3)C2. The molecule has 4 aliphatic heterocycles. The predicted octanol–water partition coefficient (Wildman–Crippen LogP) is 1.55. The van der Waals surface area contributed by atoms with Crippen molar-refractivity contribution in [2.75, 3.05) is 45.8 Å². The molecule has 4 saturated heterocycles. The van der Waals surface area contributed by atoms with E-state index in [2.05, 4.69) is 15.1 Å². The average molecular weight is 263 g/mol. The van der Waals surface area contributed by atoms with Gasteiger partial charge >= 0.3 is 0 Å². The molecule has 0 radical (unpaired) electrons. The quantitative estimate of drug-likeness (QED) is 0.774. The lowest BCUT2D eigenvalue weighted by Gasteiger charge is -2.50. The number of hydrogen-bond donors (Lipinski definition) is 1. The molecule has 4 atom stereocenters. The van der Waals surface area contributed by atoms with Crippen LogP contribution in [0.1, 0.15) is 38.5 Å². The van der Waals surface area contributed by atoms with E-state index in [0.717, 1.165) is 12.0 Å². The van der Waals surface area contributed by atoms with Crippen molar-refractivity contribution < 1.29 is 0 Å². The number of piperidine rings is 3. The van der Waals surface area contributed by atoms with Crippen LogP contribution >= 0.6 is 0 Å². The first kappa shape index (κ1) is 12.6. The smallest absolute Gasteiger partial charge is 0.0149 e. The van der Waals surface area contributed by atoms with Gasteiger partial charge in [0.25, 0.3) is 0 Å². The van der Waals surface area contributed by atoms with Gasteiger partial charge in [0.05, 0.1) is 0 Å². The van der Waals surface area contributed by atoms with Gasteiger partial charge in [-0.05, 0) is 76.0 Å². The van der Waals surface area contributed by atoms with E-state index >= 15 is 0 Å². The lowest BCUT2D eigenvalue weighted by atomic mass is 9.73. The third kappa shape index (κ3) is 2.34. The standard InChI is InChI=1S/C16H29N3/c1-5-16(12-17-7-1)6-2-8-19(13-16)15-4-10-18-9-3-14(15)11-18/h14-15,17H,1-13H2. The number of nitrogens with zero attached hydrogens (tertiary/aromatic N) is 2. The van der Waals surface area contributed by atoms with Gasteiger partial charge in [0, 0.05) is 25.7 Å². The molecule has 3 heteroatoms. The highest BCUT2D eigenvalue weighted by atomic mass is 15.2. The second-order valence-electron chi connectivity index (χ2n) is 7.56. The van der Waals surface area contributed by atoms with Gasteiger partial charge in [0.1, 0.15) is 0 Å². The number of likely N-dealkylation sites (tertiary alicyclic amines) is 1. The maximum Gasteiger partial charge on any atom is 0.0149 e. The summed E-state index contributed by atoms with van der Waals surface area (Å²) >= 11 is 0. The summed E-state index contributed by atoms with van der Waals surface area (Å²) in [6.07, 6.45) is 8.69. The maximum absolute atomic E-state index is 3.67. The van der Waals surface area contributed by atoms with E-state index in [1.54, 1.807) is 0 Å². The first-order valence-electron chi connectivity index (χ1n) is 8.52. The topological polar surface area (TPSA) is 18.5 Å². The van der Waals surface area contributed by atoms with Crippen molar-refractivity contribution in [3.05, 3.63) is 0 Å². The predicted molar refractivity (Wildman–Crippen MR) is 78.3 cm³/mol. The molecule has 4 aliphatic rings. The molecule has 1 spiro atoms. The molecule has 0 aromatic carbocycles. The van der Waals surface area contributed by atoms with Crippen LogP contribution in [0.2, 0.25) is 0 Å². The van der Waals surface area contributed by atoms with E-state index in [1.165, 1.54) is 84.3 Å². The Hall–Kier alpha value is -0.120. The summed E-state index contributed by atoms with van der Waals surface area (Å²) in [5.74, 6) is 0.987. The van der Waals surface area contributed by atoms with Crippen molar-refractivity contribution in [3.8, 4) is 0 Å². The van der Waals surface area contributed by atoms with Gasteiger partial charge in [-0.3, -0.25) is 4.90 Å². The molecule has 0 saturated carbocycles. The Morgan fingerprint density at radius 1 is 1.00 bits per heavy atom. The third-order valence-electron chi connectivity index (χ3n) is 6.31. The number of fused-ring (bicyclic) bond motifs is 2. The first-order chi connectivity index (χ1) is 9.35. The molecule has 108 valence electrons. The fourth-order valence-electron chi connectivity index (χ4n) is 5.32. The van der Waals surface area contributed by atoms with Gasteiger partial charge in [0.15, 0.2) is 0 Å². The van der Waals surface area contributed by atoms with Gasteiger partial charge < -0.3 is 10.2 Å². The van der Waals surface area contributed by atoms with Gasteiger partial charge in [-0.1, -0.05) is 0 Å². The highest BCUT2D eigenvalue weighted by Gasteiger charge is 2.43. The van der Waals surface area contributed by atoms with E-state index < -0.39 is 0 Å². The maximum atomic E-state index is 3.67. The summed E-state index contributed by atoms with van der Waals surface area (Å²) in [7, 11) is 0. The molecular weight excluding hydrogens is 234 g/mol. The van der Waals surface area contributed by atoms with Crippen molar-refractivity contribution in [2.24, 2.45) is 11.3 Å². The van der Waals surface area contributed by atoms with E-state index in [9.17, 15) is 0 Å². The number of rotatable bonds is 1. The molecule has 0 aliphatic carbocycles. The highest BCUT2D eigenvalue weighted by molar-refractivity contribution is 4.98. The first-order valence-corrected chi connectivity index (χ1v) is 8.52. The van der Waals surface area contributed by atoms with Crippen LogP contribution in [0.25, 0.3) is 0 Å². The van der Waals surface area contributed by atoms with Crippen LogP contribution in [-0.4, -0.2) is 61.7 Å². The normalized spacial score (nSPS) is 47.7. The van der Waals surface area contributed by atoms with Crippen LogP contribution in [-0.2, 0) is 0 Å². The van der Waals surface area contributed by atoms with E-state index in [-0.39, 0.29) is 0 Å². The Bertz CT molecular complexity index is 318. The Kier molecular flexibility index (Phi) is 3.33. The van der Waals surface area contributed by atoms with Gasteiger partial charge in [-0.2, -0.15) is 0 Å². The van der Waals surface area contributed by atoms with Crippen molar-refractivity contribution >= 4 is 0 Å². The van der Waals surface area contributed by atoms with Crippen LogP contribution in [0.5, 0.6) is 0 Å². The molecule has 4 rings (SSSR count). The molecule has 19 heavy (non-hydrogen) atoms. The molecular formula is C16H29N3. The second-order valence-corrected chi connectivity index (χ2v) is 7.56. The zero-order valence-corrected chi connectivity index (χ0v) is 12.2. The summed E-state index contributed by atoms with van der Waals surface area (Å²) in [6, 6.07) is 0.915. The summed E-state index contributed by atoms with van der Waals surface area (Å²) in [4.78, 5) is 5.59. The Balaban J connectivity index is 1.45. The second kappa shape index (κ2) is 5.01. The van der Waals surface area contributed by atoms with Crippen LogP contribution < -0.4 is 5.32 Å². The van der Waals surface area contributed by atoms with Crippen LogP contribution in [0.3, 0.4) is 0 Å². The summed E-state index contributed by atoms with van der Waals surface area (Å²) in [6.45, 7) is 9.44. The average Bonchev–Trinajstić information content (AvgIpc) is 2.81. The van der Waals surface area contributed by atoms with Crippen molar-refractivity contribution in [1.82, 2.24) is 15.1 Å². The zero-order valence-electron chi connectivity index (χ0n) is 12.2. The minimum Gasteiger partial charge on any atom is -0.316 e. The van der Waals surface area contributed by atoms with E-state index in [0.29, 0.717) is 5.41 Å². The molecule has 4 heterocycles. The zero-order chi connectivity index (χ0) is 12.7. The molecule has 0 aromatic heterocycles. The van der Waals surface area contributed by atoms with Crippen molar-refractivity contribution in [3.63, 3.8) is 0 Å². The molecule has 0 aromatic rings. The lowest BCUT2D eigenvalue weighted by molar-refractivity contribution is 0.00736. The van der Waals surface area contributed by atoms with Crippen molar-refractivity contribution in [1.29, 1.82) is 0 Å². The summed E-state index contributed by atoms with van der Waals surface area (Å²) in [5.41, 5.74) is 0.631. The van der Waals surface area contributed by atoms with Gasteiger partial charge in [0.2, 0.25) is 0 Å². The minimum absolute atomic E-state index is 0.631. The number of nitrogens with one attached hydrogen (secondary N) is 1. The van der Waals surface area contributed by atoms with Crippen LogP contribution in [0, 0.1) is 11.3 Å². The summed E-state index contributed by atoms with van der Waals surface area (Å²) in [5, 5.41) is 3.67. The molecule has 3 nitrogen and oxygen atoms in total. The lowest BCUT2D eigenvalue weighted by Crippen LogP contribution is -2.56. The summed E-state index contributed by atoms with van der Waals surface area (Å²) < 4.78 is 0. The number of hydrogen-bond acceptors (Lipinski definition) is 3. The molecule has 4 fully saturated rings. The van der Waals surface area contributed by atoms with Crippen LogP contribution in [0.4, 0.5) is 0 Å². The third-order valence-corrected chi connectivity index (χ3v) is 6.31. The molecule has 0 amide bonds. The molecule has 4 unspecified atom stereocenters. The Morgan fingerprint density at radius 3 is 2.79 bits per heavy atom. The fourth-order valence-corrected chi connectivity index (χ4v) is 5.32. The van der Waals surface area contributed by atoms with E-state index in [1.807, 2.05) is 0 Å². The monoisotopic (exact) mass is 263 g/mol. The fraction of sp³-hybridized carbons (Fsp3) is 1.00. The highest BCUT2D eigenvalue weighted by Crippen LogP contribution is 2.39. The molecule has 1 N–H and O–H groups in total.